The van der Waals surface area contributed by atoms with Gasteiger partial charge in [-0.25, -0.2) is 0 Å². The predicted molar refractivity (Wildman–Crippen MR) is 77.9 cm³/mol. The molecule has 0 fully saturated rings. The molecule has 1 rings (SSSR count). The molecule has 0 heterocycles. The Morgan fingerprint density at radius 1 is 1.30 bits per heavy atom. The van der Waals surface area contributed by atoms with Gasteiger partial charge < -0.3 is 10.1 Å². The van der Waals surface area contributed by atoms with Gasteiger partial charge in [-0.05, 0) is 20.0 Å². The number of benzene rings is 1. The van der Waals surface area contributed by atoms with Gasteiger partial charge in [-0.3, -0.25) is 14.5 Å². The highest BCUT2D eigenvalue weighted by Gasteiger charge is 2.12. The second kappa shape index (κ2) is 8.45. The lowest BCUT2D eigenvalue weighted by atomic mass is 10.1. The molecule has 0 aromatic heterocycles. The van der Waals surface area contributed by atoms with Gasteiger partial charge in [-0.2, -0.15) is 0 Å². The van der Waals surface area contributed by atoms with Crippen LogP contribution in [0, 0.1) is 6.92 Å². The summed E-state index contributed by atoms with van der Waals surface area (Å²) < 4.78 is 4.85. The Labute approximate surface area is 119 Å². The quantitative estimate of drug-likeness (QED) is 0.566. The van der Waals surface area contributed by atoms with Crippen molar-refractivity contribution >= 4 is 11.7 Å². The molecule has 0 radical (unpaired) electrons. The molecule has 20 heavy (non-hydrogen) atoms. The molecule has 1 aromatic carbocycles. The maximum absolute atomic E-state index is 12.1. The van der Waals surface area contributed by atoms with Crippen molar-refractivity contribution in [1.29, 1.82) is 0 Å². The first-order valence-corrected chi connectivity index (χ1v) is 6.57. The fraction of sp³-hybridized carbons (Fsp3) is 0.467. The van der Waals surface area contributed by atoms with Gasteiger partial charge in [0.15, 0.2) is 5.78 Å². The number of amides is 1. The number of carbonyl (C=O) groups is 2. The summed E-state index contributed by atoms with van der Waals surface area (Å²) in [7, 11) is 3.34. The van der Waals surface area contributed by atoms with Crippen molar-refractivity contribution in [2.75, 3.05) is 40.4 Å². The van der Waals surface area contributed by atoms with E-state index in [0.717, 1.165) is 5.56 Å². The summed E-state index contributed by atoms with van der Waals surface area (Å²) in [6, 6.07) is 7.46. The summed E-state index contributed by atoms with van der Waals surface area (Å²) in [4.78, 5) is 25.3. The average molecular weight is 278 g/mol. The molecule has 0 bridgehead atoms. The normalized spacial score (nSPS) is 10.6. The maximum atomic E-state index is 12.1. The minimum atomic E-state index is -0.110. The molecule has 1 N–H and O–H groups in total. The minimum Gasteiger partial charge on any atom is -0.383 e. The highest BCUT2D eigenvalue weighted by Crippen LogP contribution is 2.05. The third-order valence-corrected chi connectivity index (χ3v) is 2.80. The first-order valence-electron chi connectivity index (χ1n) is 6.57. The molecule has 0 atom stereocenters. The number of ether oxygens (including phenoxy) is 1. The van der Waals surface area contributed by atoms with E-state index in [1.165, 1.54) is 0 Å². The van der Waals surface area contributed by atoms with Crippen molar-refractivity contribution < 1.29 is 14.3 Å². The van der Waals surface area contributed by atoms with Gasteiger partial charge in [0, 0.05) is 19.2 Å². The maximum Gasteiger partial charge on any atom is 0.234 e. The van der Waals surface area contributed by atoms with Crippen molar-refractivity contribution in [3.05, 3.63) is 35.4 Å². The van der Waals surface area contributed by atoms with Crippen molar-refractivity contribution in [3.63, 3.8) is 0 Å². The minimum absolute atomic E-state index is 0.0147. The molecule has 0 saturated heterocycles. The van der Waals surface area contributed by atoms with E-state index >= 15 is 0 Å². The van der Waals surface area contributed by atoms with Gasteiger partial charge in [-0.1, -0.05) is 23.8 Å². The third-order valence-electron chi connectivity index (χ3n) is 2.80. The van der Waals surface area contributed by atoms with Gasteiger partial charge >= 0.3 is 0 Å². The van der Waals surface area contributed by atoms with Crippen LogP contribution in [0.3, 0.4) is 0 Å². The van der Waals surface area contributed by atoms with E-state index < -0.39 is 0 Å². The number of hydrogen-bond acceptors (Lipinski definition) is 4. The van der Waals surface area contributed by atoms with Crippen LogP contribution in [0.2, 0.25) is 0 Å². The van der Waals surface area contributed by atoms with E-state index in [2.05, 4.69) is 5.32 Å². The van der Waals surface area contributed by atoms with Crippen LogP contribution in [-0.4, -0.2) is 57.0 Å². The zero-order valence-corrected chi connectivity index (χ0v) is 12.3. The second-order valence-corrected chi connectivity index (χ2v) is 4.81. The van der Waals surface area contributed by atoms with Crippen molar-refractivity contribution in [2.45, 2.75) is 6.92 Å². The Kier molecular flexibility index (Phi) is 6.90. The Morgan fingerprint density at radius 2 is 2.05 bits per heavy atom. The van der Waals surface area contributed by atoms with Gasteiger partial charge in [-0.15, -0.1) is 0 Å². The molecule has 1 amide bonds. The van der Waals surface area contributed by atoms with E-state index in [1.807, 2.05) is 25.1 Å². The number of nitrogens with zero attached hydrogens (tertiary/aromatic N) is 1. The number of carbonyl (C=O) groups excluding carboxylic acids is 2. The van der Waals surface area contributed by atoms with Crippen LogP contribution in [0.25, 0.3) is 0 Å². The number of ketones is 1. The summed E-state index contributed by atoms with van der Waals surface area (Å²) in [5.41, 5.74) is 1.73. The molecule has 0 spiro atoms. The Bertz CT molecular complexity index is 460. The van der Waals surface area contributed by atoms with E-state index in [-0.39, 0.29) is 24.8 Å². The van der Waals surface area contributed by atoms with Crippen LogP contribution in [0.4, 0.5) is 0 Å². The number of methoxy groups -OCH3 is 1. The molecule has 5 nitrogen and oxygen atoms in total. The molecular weight excluding hydrogens is 256 g/mol. The first kappa shape index (κ1) is 16.3. The molecule has 5 heteroatoms. The number of aryl methyl sites for hydroxylation is 1. The Balaban J connectivity index is 2.40. The van der Waals surface area contributed by atoms with Crippen LogP contribution in [0.15, 0.2) is 24.3 Å². The van der Waals surface area contributed by atoms with Crippen molar-refractivity contribution in [2.24, 2.45) is 0 Å². The fourth-order valence-corrected chi connectivity index (χ4v) is 1.80. The van der Waals surface area contributed by atoms with Crippen LogP contribution in [0.1, 0.15) is 15.9 Å². The Hall–Kier alpha value is -1.72. The van der Waals surface area contributed by atoms with Gasteiger partial charge in [0.05, 0.1) is 19.7 Å². The van der Waals surface area contributed by atoms with Crippen molar-refractivity contribution in [1.82, 2.24) is 10.2 Å². The largest absolute Gasteiger partial charge is 0.383 e. The summed E-state index contributed by atoms with van der Waals surface area (Å²) in [5, 5.41) is 2.72. The zero-order chi connectivity index (χ0) is 15.0. The highest BCUT2D eigenvalue weighted by molar-refractivity contribution is 5.98. The zero-order valence-electron chi connectivity index (χ0n) is 12.3. The lowest BCUT2D eigenvalue weighted by Crippen LogP contribution is -2.38. The highest BCUT2D eigenvalue weighted by atomic mass is 16.5. The molecule has 0 aliphatic carbocycles. The number of hydrogen-bond donors (Lipinski definition) is 1. The fourth-order valence-electron chi connectivity index (χ4n) is 1.80. The molecule has 1 aromatic rings. The molecule has 0 saturated carbocycles. The molecule has 0 aliphatic heterocycles. The standard InChI is InChI=1S/C15H22N2O3/c1-12-5-4-6-13(9-12)14(18)10-17(2)11-15(19)16-7-8-20-3/h4-6,9H,7-8,10-11H2,1-3H3,(H,16,19). The predicted octanol–water partition coefficient (Wildman–Crippen LogP) is 0.872. The van der Waals surface area contributed by atoms with Gasteiger partial charge in [0.1, 0.15) is 0 Å². The third kappa shape index (κ3) is 5.95. The monoisotopic (exact) mass is 278 g/mol. The number of rotatable bonds is 8. The lowest BCUT2D eigenvalue weighted by molar-refractivity contribution is -0.122. The summed E-state index contributed by atoms with van der Waals surface area (Å²) >= 11 is 0. The van der Waals surface area contributed by atoms with E-state index in [1.54, 1.807) is 25.1 Å². The molecule has 110 valence electrons. The summed E-state index contributed by atoms with van der Waals surface area (Å²) in [6.45, 7) is 3.33. The van der Waals surface area contributed by atoms with Crippen LogP contribution >= 0.6 is 0 Å². The first-order chi connectivity index (χ1) is 9.52. The number of nitrogens with one attached hydrogen (secondary N) is 1. The molecule has 0 aliphatic rings. The van der Waals surface area contributed by atoms with E-state index in [0.29, 0.717) is 18.7 Å². The average Bonchev–Trinajstić information content (AvgIpc) is 2.38. The lowest BCUT2D eigenvalue weighted by Gasteiger charge is -2.15. The number of Topliss-reactive ketones (excluding diaryl/α,β-unsaturated/α-hetero) is 1. The second-order valence-electron chi connectivity index (χ2n) is 4.81. The van der Waals surface area contributed by atoms with Crippen molar-refractivity contribution in [3.8, 4) is 0 Å². The van der Waals surface area contributed by atoms with E-state index in [4.69, 9.17) is 4.74 Å². The van der Waals surface area contributed by atoms with Gasteiger partial charge in [0.25, 0.3) is 0 Å². The van der Waals surface area contributed by atoms with Gasteiger partial charge in [0.2, 0.25) is 5.91 Å². The molecule has 0 unspecified atom stereocenters. The molecular formula is C15H22N2O3. The topological polar surface area (TPSA) is 58.6 Å². The van der Waals surface area contributed by atoms with Crippen LogP contribution < -0.4 is 5.32 Å². The summed E-state index contributed by atoms with van der Waals surface area (Å²) in [5.74, 6) is -0.0949. The SMILES string of the molecule is COCCNC(=O)CN(C)CC(=O)c1cccc(C)c1. The van der Waals surface area contributed by atoms with Crippen LogP contribution in [-0.2, 0) is 9.53 Å². The smallest absolute Gasteiger partial charge is 0.234 e. The van der Waals surface area contributed by atoms with E-state index in [9.17, 15) is 9.59 Å². The van der Waals surface area contributed by atoms with Crippen LogP contribution in [0.5, 0.6) is 0 Å². The summed E-state index contributed by atoms with van der Waals surface area (Å²) in [6.07, 6.45) is 0. The number of likely N-dealkylation sites (N-methyl/N-ethyl adjacent to an activating group) is 1. The Morgan fingerprint density at radius 3 is 2.70 bits per heavy atom.